The van der Waals surface area contributed by atoms with Crippen LogP contribution in [0.25, 0.3) is 0 Å². The number of hydrogen-bond acceptors (Lipinski definition) is 4. The summed E-state index contributed by atoms with van der Waals surface area (Å²) in [5, 5.41) is 15.4. The van der Waals surface area contributed by atoms with E-state index >= 15 is 0 Å². The topological polar surface area (TPSA) is 38.8 Å². The van der Waals surface area contributed by atoms with Crippen molar-refractivity contribution in [3.05, 3.63) is 29.3 Å². The standard InChI is InChI=1S/C20H31N3O2/c24-23-13-2-1-9-20(23)10-12-22(15-17(20)5-4-14-23)25-19-8-11-21(16-19)18-6-3-7-18/h10,12,15,18-19H,1-9,11,13-14,16H2/t19-,20?,23?/m1/s1. The highest BCUT2D eigenvalue weighted by Crippen LogP contribution is 2.48. The van der Waals surface area contributed by atoms with Crippen molar-refractivity contribution < 1.29 is 9.48 Å². The van der Waals surface area contributed by atoms with Crippen molar-refractivity contribution in [1.82, 2.24) is 9.96 Å². The Labute approximate surface area is 151 Å². The maximum absolute atomic E-state index is 13.4. The van der Waals surface area contributed by atoms with Crippen LogP contribution in [-0.2, 0) is 4.84 Å². The fraction of sp³-hybridized carbons (Fsp3) is 0.800. The van der Waals surface area contributed by atoms with Gasteiger partial charge in [0, 0.05) is 49.9 Å². The summed E-state index contributed by atoms with van der Waals surface area (Å²) in [6, 6.07) is 0.811. The zero-order valence-corrected chi connectivity index (χ0v) is 15.2. The van der Waals surface area contributed by atoms with Gasteiger partial charge in [-0.1, -0.05) is 6.42 Å². The number of quaternary nitrogens is 1. The number of piperidine rings is 2. The molecule has 3 saturated heterocycles. The van der Waals surface area contributed by atoms with Crippen LogP contribution in [0.3, 0.4) is 0 Å². The van der Waals surface area contributed by atoms with Crippen LogP contribution in [-0.4, -0.2) is 58.5 Å². The molecule has 1 spiro atoms. The number of hydroxylamine groups is 5. The highest BCUT2D eigenvalue weighted by molar-refractivity contribution is 5.31. The molecule has 5 aliphatic rings. The minimum absolute atomic E-state index is 0.0257. The van der Waals surface area contributed by atoms with E-state index in [2.05, 4.69) is 17.2 Å². The maximum Gasteiger partial charge on any atom is 0.143 e. The first-order valence-corrected chi connectivity index (χ1v) is 10.4. The molecule has 25 heavy (non-hydrogen) atoms. The van der Waals surface area contributed by atoms with Crippen LogP contribution in [0.1, 0.15) is 57.8 Å². The van der Waals surface area contributed by atoms with E-state index in [1.54, 1.807) is 0 Å². The lowest BCUT2D eigenvalue weighted by molar-refractivity contribution is -0.928. The summed E-state index contributed by atoms with van der Waals surface area (Å²) < 4.78 is -0.0257. The van der Waals surface area contributed by atoms with Crippen molar-refractivity contribution in [2.75, 3.05) is 26.2 Å². The van der Waals surface area contributed by atoms with Crippen LogP contribution in [0, 0.1) is 5.21 Å². The molecule has 2 unspecified atom stereocenters. The van der Waals surface area contributed by atoms with Gasteiger partial charge in [0.2, 0.25) is 0 Å². The van der Waals surface area contributed by atoms with Gasteiger partial charge >= 0.3 is 0 Å². The van der Waals surface area contributed by atoms with Gasteiger partial charge in [-0.3, -0.25) is 9.74 Å². The normalized spacial score (nSPS) is 41.9. The molecule has 0 radical (unpaired) electrons. The van der Waals surface area contributed by atoms with Crippen molar-refractivity contribution >= 4 is 0 Å². The van der Waals surface area contributed by atoms with Crippen LogP contribution in [0.2, 0.25) is 0 Å². The van der Waals surface area contributed by atoms with Gasteiger partial charge in [-0.05, 0) is 44.6 Å². The molecule has 0 aromatic carbocycles. The lowest BCUT2D eigenvalue weighted by Crippen LogP contribution is -2.66. The van der Waals surface area contributed by atoms with E-state index in [-0.39, 0.29) is 16.3 Å². The van der Waals surface area contributed by atoms with Crippen molar-refractivity contribution in [2.24, 2.45) is 0 Å². The molecule has 5 rings (SSSR count). The molecule has 1 aliphatic carbocycles. The Kier molecular flexibility index (Phi) is 3.97. The predicted molar refractivity (Wildman–Crippen MR) is 96.9 cm³/mol. The molecule has 5 heteroatoms. The first kappa shape index (κ1) is 16.3. The van der Waals surface area contributed by atoms with E-state index in [9.17, 15) is 5.21 Å². The van der Waals surface area contributed by atoms with Crippen molar-refractivity contribution in [3.63, 3.8) is 0 Å². The molecule has 0 N–H and O–H groups in total. The van der Waals surface area contributed by atoms with Crippen LogP contribution in [0.15, 0.2) is 24.0 Å². The number of likely N-dealkylation sites (tertiary alicyclic amines) is 1. The molecule has 4 heterocycles. The summed E-state index contributed by atoms with van der Waals surface area (Å²) in [5.74, 6) is 0. The molecular weight excluding hydrogens is 314 g/mol. The van der Waals surface area contributed by atoms with Gasteiger partial charge in [-0.15, -0.1) is 0 Å². The summed E-state index contributed by atoms with van der Waals surface area (Å²) in [6.45, 7) is 3.79. The van der Waals surface area contributed by atoms with E-state index in [1.165, 1.54) is 37.8 Å². The zero-order chi connectivity index (χ0) is 16.9. The smallest absolute Gasteiger partial charge is 0.143 e. The third-order valence-electron chi connectivity index (χ3n) is 7.39. The fourth-order valence-electron chi connectivity index (χ4n) is 5.70. The second-order valence-electron chi connectivity index (χ2n) is 8.75. The molecule has 0 aromatic heterocycles. The first-order chi connectivity index (χ1) is 12.2. The molecule has 0 aromatic rings. The number of nitrogens with zero attached hydrogens (tertiary/aromatic N) is 3. The summed E-state index contributed by atoms with van der Waals surface area (Å²) in [7, 11) is 0. The Bertz CT molecular complexity index is 583. The lowest BCUT2D eigenvalue weighted by atomic mass is 9.74. The second-order valence-corrected chi connectivity index (χ2v) is 8.75. The summed E-state index contributed by atoms with van der Waals surface area (Å²) >= 11 is 0. The lowest BCUT2D eigenvalue weighted by Gasteiger charge is -2.62. The van der Waals surface area contributed by atoms with Crippen LogP contribution in [0.5, 0.6) is 0 Å². The van der Waals surface area contributed by atoms with E-state index in [1.807, 2.05) is 11.3 Å². The minimum atomic E-state index is -0.288. The van der Waals surface area contributed by atoms with Crippen molar-refractivity contribution in [1.29, 1.82) is 0 Å². The van der Waals surface area contributed by atoms with E-state index in [0.717, 1.165) is 57.8 Å². The molecule has 4 aliphatic heterocycles. The number of hydrogen-bond donors (Lipinski definition) is 0. The van der Waals surface area contributed by atoms with Crippen molar-refractivity contribution in [3.8, 4) is 0 Å². The fourth-order valence-corrected chi connectivity index (χ4v) is 5.70. The van der Waals surface area contributed by atoms with E-state index < -0.39 is 0 Å². The summed E-state index contributed by atoms with van der Waals surface area (Å²) in [6.07, 6.45) is 17.2. The molecule has 4 fully saturated rings. The maximum atomic E-state index is 13.4. The van der Waals surface area contributed by atoms with Crippen LogP contribution < -0.4 is 0 Å². The van der Waals surface area contributed by atoms with Gasteiger partial charge in [0.05, 0.1) is 19.2 Å². The highest BCUT2D eigenvalue weighted by atomic mass is 16.7. The van der Waals surface area contributed by atoms with Crippen molar-refractivity contribution in [2.45, 2.75) is 75.5 Å². The molecule has 138 valence electrons. The highest BCUT2D eigenvalue weighted by Gasteiger charge is 2.51. The van der Waals surface area contributed by atoms with Gasteiger partial charge in [0.1, 0.15) is 5.54 Å². The molecule has 1 saturated carbocycles. The SMILES string of the molecule is [O-][N+]12CCCCC13C=CN(O[C@@H]1CCN(C4CCC4)C1)C=C3CCC2. The Morgan fingerprint density at radius 3 is 2.84 bits per heavy atom. The quantitative estimate of drug-likeness (QED) is 0.581. The molecule has 3 atom stereocenters. The minimum Gasteiger partial charge on any atom is -0.632 e. The average Bonchev–Trinajstić information content (AvgIpc) is 2.99. The van der Waals surface area contributed by atoms with Gasteiger partial charge in [0.25, 0.3) is 0 Å². The summed E-state index contributed by atoms with van der Waals surface area (Å²) in [4.78, 5) is 8.89. The second kappa shape index (κ2) is 6.08. The Morgan fingerprint density at radius 1 is 1.12 bits per heavy atom. The Morgan fingerprint density at radius 2 is 2.00 bits per heavy atom. The Hall–Kier alpha value is -0.880. The van der Waals surface area contributed by atoms with Crippen LogP contribution in [0.4, 0.5) is 0 Å². The zero-order valence-electron chi connectivity index (χ0n) is 15.2. The monoisotopic (exact) mass is 345 g/mol. The first-order valence-electron chi connectivity index (χ1n) is 10.4. The molecule has 0 amide bonds. The van der Waals surface area contributed by atoms with E-state index in [4.69, 9.17) is 4.84 Å². The molecule has 5 nitrogen and oxygen atoms in total. The summed E-state index contributed by atoms with van der Waals surface area (Å²) in [5.41, 5.74) is 1.02. The number of rotatable bonds is 3. The average molecular weight is 345 g/mol. The van der Waals surface area contributed by atoms with Gasteiger partial charge in [-0.2, -0.15) is 0 Å². The third kappa shape index (κ3) is 2.59. The molecular formula is C20H31N3O2. The predicted octanol–water partition coefficient (Wildman–Crippen LogP) is 3.29. The van der Waals surface area contributed by atoms with Crippen LogP contribution >= 0.6 is 0 Å². The largest absolute Gasteiger partial charge is 0.632 e. The van der Waals surface area contributed by atoms with Gasteiger partial charge in [-0.25, -0.2) is 5.06 Å². The molecule has 0 bridgehead atoms. The van der Waals surface area contributed by atoms with Gasteiger partial charge in [0.15, 0.2) is 0 Å². The van der Waals surface area contributed by atoms with E-state index in [0.29, 0.717) is 0 Å². The van der Waals surface area contributed by atoms with Gasteiger partial charge < -0.3 is 9.85 Å². The Balaban J connectivity index is 1.28. The third-order valence-corrected chi connectivity index (χ3v) is 7.39.